The highest BCUT2D eigenvalue weighted by Gasteiger charge is 2.31. The third-order valence-electron chi connectivity index (χ3n) is 5.11. The standard InChI is InChI=1S/C22H28N2O4S/c1-14(2)17-8-6-7-16(4)21(17)23-22(25)20-11-12-24(29(5,26)27)18-13-15(3)9-10-19(18)28-20/h6-10,13-14,20H,11-12H2,1-5H3,(H,23,25)/t20-/m1/s1. The number of carbonyl (C=O) groups excluding carboxylic acids is 1. The highest BCUT2D eigenvalue weighted by Crippen LogP contribution is 2.35. The third kappa shape index (κ3) is 4.56. The summed E-state index contributed by atoms with van der Waals surface area (Å²) in [5, 5.41) is 3.02. The smallest absolute Gasteiger partial charge is 0.265 e. The van der Waals surface area contributed by atoms with Crippen molar-refractivity contribution in [3.63, 3.8) is 0 Å². The summed E-state index contributed by atoms with van der Waals surface area (Å²) in [5.41, 5.74) is 4.23. The van der Waals surface area contributed by atoms with Crippen LogP contribution in [0.15, 0.2) is 36.4 Å². The van der Waals surface area contributed by atoms with Crippen LogP contribution in [0.5, 0.6) is 5.75 Å². The van der Waals surface area contributed by atoms with Crippen molar-refractivity contribution in [1.29, 1.82) is 0 Å². The minimum Gasteiger partial charge on any atom is -0.478 e. The van der Waals surface area contributed by atoms with Crippen molar-refractivity contribution in [3.05, 3.63) is 53.1 Å². The number of benzene rings is 2. The van der Waals surface area contributed by atoms with Gasteiger partial charge in [0.15, 0.2) is 6.10 Å². The highest BCUT2D eigenvalue weighted by molar-refractivity contribution is 7.92. The van der Waals surface area contributed by atoms with Gasteiger partial charge in [-0.15, -0.1) is 0 Å². The van der Waals surface area contributed by atoms with Gasteiger partial charge in [-0.3, -0.25) is 9.10 Å². The van der Waals surface area contributed by atoms with Crippen molar-refractivity contribution in [2.75, 3.05) is 22.4 Å². The molecule has 0 fully saturated rings. The van der Waals surface area contributed by atoms with Gasteiger partial charge in [-0.2, -0.15) is 0 Å². The number of nitrogens with zero attached hydrogens (tertiary/aromatic N) is 1. The first-order valence-corrected chi connectivity index (χ1v) is 11.6. The number of fused-ring (bicyclic) bond motifs is 1. The van der Waals surface area contributed by atoms with Gasteiger partial charge in [-0.25, -0.2) is 8.42 Å². The molecule has 0 saturated carbocycles. The summed E-state index contributed by atoms with van der Waals surface area (Å²) in [6.45, 7) is 8.18. The van der Waals surface area contributed by atoms with Gasteiger partial charge >= 0.3 is 0 Å². The van der Waals surface area contributed by atoms with Crippen molar-refractivity contribution in [2.24, 2.45) is 0 Å². The summed E-state index contributed by atoms with van der Waals surface area (Å²) < 4.78 is 31.9. The first-order valence-electron chi connectivity index (χ1n) is 9.73. The number of nitrogens with one attached hydrogen (secondary N) is 1. The van der Waals surface area contributed by atoms with Crippen LogP contribution in [0, 0.1) is 13.8 Å². The Morgan fingerprint density at radius 2 is 1.93 bits per heavy atom. The lowest BCUT2D eigenvalue weighted by molar-refractivity contribution is -0.122. The predicted molar refractivity (Wildman–Crippen MR) is 116 cm³/mol. The molecule has 0 aromatic heterocycles. The molecule has 0 saturated heterocycles. The van der Waals surface area contributed by atoms with E-state index < -0.39 is 16.1 Å². The molecular weight excluding hydrogens is 388 g/mol. The number of amides is 1. The third-order valence-corrected chi connectivity index (χ3v) is 6.29. The molecule has 1 atom stereocenters. The van der Waals surface area contributed by atoms with Crippen LogP contribution in [0.1, 0.15) is 42.9 Å². The largest absolute Gasteiger partial charge is 0.478 e. The molecule has 0 unspecified atom stereocenters. The summed E-state index contributed by atoms with van der Waals surface area (Å²) in [6, 6.07) is 11.3. The van der Waals surface area contributed by atoms with E-state index >= 15 is 0 Å². The van der Waals surface area contributed by atoms with Crippen LogP contribution in [-0.2, 0) is 14.8 Å². The maximum atomic E-state index is 13.1. The summed E-state index contributed by atoms with van der Waals surface area (Å²) >= 11 is 0. The number of rotatable bonds is 4. The lowest BCUT2D eigenvalue weighted by Gasteiger charge is -2.21. The van der Waals surface area contributed by atoms with Crippen LogP contribution in [-0.4, -0.2) is 33.2 Å². The van der Waals surface area contributed by atoms with Crippen LogP contribution < -0.4 is 14.4 Å². The number of ether oxygens (including phenoxy) is 1. The van der Waals surface area contributed by atoms with E-state index in [-0.39, 0.29) is 24.8 Å². The molecule has 2 aromatic carbocycles. The molecule has 0 radical (unpaired) electrons. The Labute approximate surface area is 172 Å². The summed E-state index contributed by atoms with van der Waals surface area (Å²) in [7, 11) is -3.49. The number of hydrogen-bond acceptors (Lipinski definition) is 4. The average molecular weight is 417 g/mol. The van der Waals surface area contributed by atoms with E-state index in [1.54, 1.807) is 12.1 Å². The predicted octanol–water partition coefficient (Wildman–Crippen LogP) is 3.98. The Morgan fingerprint density at radius 3 is 2.59 bits per heavy atom. The quantitative estimate of drug-likeness (QED) is 0.818. The maximum absolute atomic E-state index is 13.1. The van der Waals surface area contributed by atoms with Crippen LogP contribution >= 0.6 is 0 Å². The summed E-state index contributed by atoms with van der Waals surface area (Å²) in [5.74, 6) is 0.375. The normalized spacial score (nSPS) is 16.8. The Kier molecular flexibility index (Phi) is 5.89. The summed E-state index contributed by atoms with van der Waals surface area (Å²) in [4.78, 5) is 13.1. The van der Waals surface area contributed by atoms with Crippen LogP contribution in [0.2, 0.25) is 0 Å². The Bertz CT molecular complexity index is 1030. The fourth-order valence-corrected chi connectivity index (χ4v) is 4.50. The highest BCUT2D eigenvalue weighted by atomic mass is 32.2. The van der Waals surface area contributed by atoms with E-state index in [0.717, 1.165) is 22.4 Å². The summed E-state index contributed by atoms with van der Waals surface area (Å²) in [6.07, 6.45) is 0.639. The number of anilines is 2. The molecule has 7 heteroatoms. The number of aryl methyl sites for hydroxylation is 2. The van der Waals surface area contributed by atoms with Gasteiger partial charge < -0.3 is 10.1 Å². The molecule has 1 heterocycles. The zero-order chi connectivity index (χ0) is 21.3. The second kappa shape index (κ2) is 8.06. The molecule has 156 valence electrons. The molecule has 2 aromatic rings. The maximum Gasteiger partial charge on any atom is 0.265 e. The van der Waals surface area contributed by atoms with E-state index in [2.05, 4.69) is 19.2 Å². The molecule has 1 aliphatic heterocycles. The van der Waals surface area contributed by atoms with E-state index in [4.69, 9.17) is 4.74 Å². The lowest BCUT2D eigenvalue weighted by Crippen LogP contribution is -2.36. The first kappa shape index (κ1) is 21.2. The van der Waals surface area contributed by atoms with Gasteiger partial charge in [0.25, 0.3) is 5.91 Å². The number of para-hydroxylation sites is 1. The van der Waals surface area contributed by atoms with Gasteiger partial charge in [-0.1, -0.05) is 38.1 Å². The SMILES string of the molecule is Cc1ccc2c(c1)N(S(C)(=O)=O)CC[C@H](C(=O)Nc1c(C)cccc1C(C)C)O2. The molecule has 0 spiro atoms. The zero-order valence-electron chi connectivity index (χ0n) is 17.5. The Balaban J connectivity index is 1.92. The van der Waals surface area contributed by atoms with E-state index in [0.29, 0.717) is 11.4 Å². The molecule has 0 bridgehead atoms. The minimum atomic E-state index is -3.49. The van der Waals surface area contributed by atoms with E-state index in [9.17, 15) is 13.2 Å². The zero-order valence-corrected chi connectivity index (χ0v) is 18.3. The second-order valence-corrected chi connectivity index (χ2v) is 9.79. The van der Waals surface area contributed by atoms with Crippen LogP contribution in [0.25, 0.3) is 0 Å². The molecule has 3 rings (SSSR count). The van der Waals surface area contributed by atoms with Gasteiger partial charge in [0.2, 0.25) is 10.0 Å². The Hall–Kier alpha value is -2.54. The van der Waals surface area contributed by atoms with Crippen LogP contribution in [0.3, 0.4) is 0 Å². The van der Waals surface area contributed by atoms with Crippen LogP contribution in [0.4, 0.5) is 11.4 Å². The van der Waals surface area contributed by atoms with E-state index in [1.807, 2.05) is 38.1 Å². The molecule has 6 nitrogen and oxygen atoms in total. The van der Waals surface area contributed by atoms with Crippen molar-refractivity contribution in [1.82, 2.24) is 0 Å². The van der Waals surface area contributed by atoms with Crippen molar-refractivity contribution < 1.29 is 17.9 Å². The van der Waals surface area contributed by atoms with Crippen molar-refractivity contribution in [3.8, 4) is 5.75 Å². The second-order valence-electron chi connectivity index (χ2n) is 7.88. The molecular formula is C22H28N2O4S. The topological polar surface area (TPSA) is 75.7 Å². The number of sulfonamides is 1. The average Bonchev–Trinajstić information content (AvgIpc) is 2.82. The van der Waals surface area contributed by atoms with Gasteiger partial charge in [0.05, 0.1) is 11.9 Å². The molecule has 1 aliphatic rings. The molecule has 29 heavy (non-hydrogen) atoms. The first-order chi connectivity index (χ1) is 13.6. The number of hydrogen-bond donors (Lipinski definition) is 1. The van der Waals surface area contributed by atoms with Crippen molar-refractivity contribution >= 4 is 27.3 Å². The minimum absolute atomic E-state index is 0.179. The monoisotopic (exact) mass is 416 g/mol. The van der Waals surface area contributed by atoms with Crippen molar-refractivity contribution in [2.45, 2.75) is 46.1 Å². The number of carbonyl (C=O) groups is 1. The molecule has 1 N–H and O–H groups in total. The fraction of sp³-hybridized carbons (Fsp3) is 0.409. The van der Waals surface area contributed by atoms with E-state index in [1.165, 1.54) is 10.6 Å². The lowest BCUT2D eigenvalue weighted by atomic mass is 9.98. The molecule has 1 amide bonds. The van der Waals surface area contributed by atoms with Gasteiger partial charge in [-0.05, 0) is 48.6 Å². The molecule has 0 aliphatic carbocycles. The van der Waals surface area contributed by atoms with Gasteiger partial charge in [0, 0.05) is 18.7 Å². The van der Waals surface area contributed by atoms with Gasteiger partial charge in [0.1, 0.15) is 5.75 Å². The fourth-order valence-electron chi connectivity index (χ4n) is 3.56. The Morgan fingerprint density at radius 1 is 1.21 bits per heavy atom.